The van der Waals surface area contributed by atoms with Crippen molar-refractivity contribution < 1.29 is 14.4 Å². The maximum absolute atomic E-state index is 12.3. The maximum Gasteiger partial charge on any atom is 0.289 e. The van der Waals surface area contributed by atoms with Crippen molar-refractivity contribution in [2.24, 2.45) is 5.92 Å². The number of carbonyl (C=O) groups excluding carboxylic acids is 3. The van der Waals surface area contributed by atoms with Gasteiger partial charge < -0.3 is 10.2 Å². The zero-order valence-corrected chi connectivity index (χ0v) is 12.5. The average Bonchev–Trinajstić information content (AvgIpc) is 3.30. The van der Waals surface area contributed by atoms with E-state index < -0.39 is 17.7 Å². The smallest absolute Gasteiger partial charge is 0.289 e. The summed E-state index contributed by atoms with van der Waals surface area (Å²) in [6, 6.07) is 8.92. The molecule has 0 radical (unpaired) electrons. The molecule has 5 nitrogen and oxygen atoms in total. The summed E-state index contributed by atoms with van der Waals surface area (Å²) in [6.45, 7) is 0.954. The summed E-state index contributed by atoms with van der Waals surface area (Å²) < 4.78 is 0. The molecule has 2 fully saturated rings. The van der Waals surface area contributed by atoms with Crippen molar-refractivity contribution >= 4 is 17.6 Å². The van der Waals surface area contributed by atoms with Crippen LogP contribution < -0.4 is 5.32 Å². The molecule has 2 amide bonds. The van der Waals surface area contributed by atoms with Crippen molar-refractivity contribution in [3.8, 4) is 0 Å². The lowest BCUT2D eigenvalue weighted by Crippen LogP contribution is -2.45. The predicted octanol–water partition coefficient (Wildman–Crippen LogP) is 1.27. The third-order valence-electron chi connectivity index (χ3n) is 4.30. The highest BCUT2D eigenvalue weighted by atomic mass is 16.2. The van der Waals surface area contributed by atoms with Gasteiger partial charge in [-0.1, -0.05) is 30.3 Å². The molecule has 2 aliphatic rings. The Kier molecular flexibility index (Phi) is 4.22. The second-order valence-corrected chi connectivity index (χ2v) is 6.08. The van der Waals surface area contributed by atoms with Gasteiger partial charge in [-0.2, -0.15) is 0 Å². The van der Waals surface area contributed by atoms with Crippen LogP contribution in [0.4, 0.5) is 0 Å². The van der Waals surface area contributed by atoms with Crippen LogP contribution in [-0.2, 0) is 20.9 Å². The van der Waals surface area contributed by atoms with Gasteiger partial charge in [0.15, 0.2) is 0 Å². The Morgan fingerprint density at radius 2 is 1.86 bits per heavy atom. The Hall–Kier alpha value is -2.17. The first-order valence-electron chi connectivity index (χ1n) is 7.80. The van der Waals surface area contributed by atoms with Crippen LogP contribution in [0.3, 0.4) is 0 Å². The fourth-order valence-electron chi connectivity index (χ4n) is 2.78. The number of Topliss-reactive ketones (excluding diaryl/α,β-unsaturated/α-hetero) is 1. The summed E-state index contributed by atoms with van der Waals surface area (Å²) in [6.07, 6.45) is 3.01. The van der Waals surface area contributed by atoms with Crippen molar-refractivity contribution in [1.82, 2.24) is 10.2 Å². The number of nitrogens with zero attached hydrogens (tertiary/aromatic N) is 1. The molecule has 1 saturated heterocycles. The van der Waals surface area contributed by atoms with Gasteiger partial charge in [0.2, 0.25) is 11.7 Å². The van der Waals surface area contributed by atoms with E-state index in [1.54, 1.807) is 0 Å². The van der Waals surface area contributed by atoms with E-state index in [1.165, 1.54) is 4.90 Å². The molecule has 1 saturated carbocycles. The second-order valence-electron chi connectivity index (χ2n) is 6.08. The lowest BCUT2D eigenvalue weighted by molar-refractivity contribution is -0.143. The SMILES string of the molecule is O=C(NCC1CC1)C(=O)[C@@H]1CCC(=O)N1Cc1ccccc1. The van der Waals surface area contributed by atoms with Crippen LogP contribution >= 0.6 is 0 Å². The molecule has 1 aliphatic carbocycles. The number of carbonyl (C=O) groups is 3. The zero-order valence-electron chi connectivity index (χ0n) is 12.5. The lowest BCUT2D eigenvalue weighted by atomic mass is 10.1. The quantitative estimate of drug-likeness (QED) is 0.805. The molecule has 1 atom stereocenters. The number of hydrogen-bond donors (Lipinski definition) is 1. The molecular weight excluding hydrogens is 280 g/mol. The number of rotatable bonds is 6. The van der Waals surface area contributed by atoms with E-state index in [0.29, 0.717) is 31.8 Å². The summed E-state index contributed by atoms with van der Waals surface area (Å²) in [5.41, 5.74) is 0.967. The summed E-state index contributed by atoms with van der Waals surface area (Å²) in [4.78, 5) is 37.9. The fourth-order valence-corrected chi connectivity index (χ4v) is 2.78. The van der Waals surface area contributed by atoms with E-state index in [-0.39, 0.29) is 5.91 Å². The predicted molar refractivity (Wildman–Crippen MR) is 80.8 cm³/mol. The molecule has 22 heavy (non-hydrogen) atoms. The Morgan fingerprint density at radius 1 is 1.14 bits per heavy atom. The van der Waals surface area contributed by atoms with Crippen molar-refractivity contribution in [2.45, 2.75) is 38.3 Å². The molecule has 1 aliphatic heterocycles. The summed E-state index contributed by atoms with van der Waals surface area (Å²) >= 11 is 0. The van der Waals surface area contributed by atoms with Crippen molar-refractivity contribution in [3.05, 3.63) is 35.9 Å². The molecule has 1 heterocycles. The van der Waals surface area contributed by atoms with Crippen molar-refractivity contribution in [2.75, 3.05) is 6.54 Å². The highest BCUT2D eigenvalue weighted by Crippen LogP contribution is 2.27. The molecule has 3 rings (SSSR count). The van der Waals surface area contributed by atoms with E-state index >= 15 is 0 Å². The molecular formula is C17H20N2O3. The van der Waals surface area contributed by atoms with Crippen molar-refractivity contribution in [1.29, 1.82) is 0 Å². The molecule has 5 heteroatoms. The van der Waals surface area contributed by atoms with E-state index in [9.17, 15) is 14.4 Å². The topological polar surface area (TPSA) is 66.5 Å². The second kappa shape index (κ2) is 6.30. The summed E-state index contributed by atoms with van der Waals surface area (Å²) in [5.74, 6) is -0.563. The molecule has 0 bridgehead atoms. The minimum Gasteiger partial charge on any atom is -0.349 e. The van der Waals surface area contributed by atoms with Crippen LogP contribution in [-0.4, -0.2) is 35.1 Å². The minimum absolute atomic E-state index is 0.0582. The van der Waals surface area contributed by atoms with E-state index in [1.807, 2.05) is 30.3 Å². The molecule has 116 valence electrons. The van der Waals surface area contributed by atoms with Crippen LogP contribution in [0.15, 0.2) is 30.3 Å². The fraction of sp³-hybridized carbons (Fsp3) is 0.471. The normalized spacial score (nSPS) is 21.0. The van der Waals surface area contributed by atoms with Gasteiger partial charge in [0.1, 0.15) is 6.04 Å². The van der Waals surface area contributed by atoms with Gasteiger partial charge >= 0.3 is 0 Å². The Balaban J connectivity index is 1.64. The van der Waals surface area contributed by atoms with Crippen LogP contribution in [0.1, 0.15) is 31.2 Å². The van der Waals surface area contributed by atoms with Gasteiger partial charge in [0.05, 0.1) is 0 Å². The highest BCUT2D eigenvalue weighted by Gasteiger charge is 2.39. The van der Waals surface area contributed by atoms with Crippen molar-refractivity contribution in [3.63, 3.8) is 0 Å². The van der Waals surface area contributed by atoms with Crippen LogP contribution in [0, 0.1) is 5.92 Å². The Labute approximate surface area is 129 Å². The van der Waals surface area contributed by atoms with Gasteiger partial charge in [-0.05, 0) is 30.7 Å². The minimum atomic E-state index is -0.619. The highest BCUT2D eigenvalue weighted by molar-refractivity contribution is 6.38. The van der Waals surface area contributed by atoms with Gasteiger partial charge in [0, 0.05) is 19.5 Å². The maximum atomic E-state index is 12.3. The van der Waals surface area contributed by atoms with Gasteiger partial charge in [-0.25, -0.2) is 0 Å². The molecule has 0 spiro atoms. The van der Waals surface area contributed by atoms with Gasteiger partial charge in [0.25, 0.3) is 5.91 Å². The number of likely N-dealkylation sites (tertiary alicyclic amines) is 1. The first-order chi connectivity index (χ1) is 10.6. The van der Waals surface area contributed by atoms with E-state index in [4.69, 9.17) is 0 Å². The molecule has 0 unspecified atom stereocenters. The third kappa shape index (κ3) is 3.35. The summed E-state index contributed by atoms with van der Waals surface area (Å²) in [7, 11) is 0. The largest absolute Gasteiger partial charge is 0.349 e. The van der Waals surface area contributed by atoms with E-state index in [0.717, 1.165) is 18.4 Å². The number of ketones is 1. The summed E-state index contributed by atoms with van der Waals surface area (Å²) in [5, 5.41) is 2.69. The average molecular weight is 300 g/mol. The Morgan fingerprint density at radius 3 is 2.55 bits per heavy atom. The number of nitrogens with one attached hydrogen (secondary N) is 1. The first kappa shape index (κ1) is 14.8. The monoisotopic (exact) mass is 300 g/mol. The molecule has 1 aromatic carbocycles. The first-order valence-corrected chi connectivity index (χ1v) is 7.80. The standard InChI is InChI=1S/C17H20N2O3/c20-15-9-8-14(16(21)17(22)18-10-12-6-7-12)19(15)11-13-4-2-1-3-5-13/h1-5,12,14H,6-11H2,(H,18,22)/t14-/m0/s1. The van der Waals surface area contributed by atoms with Crippen LogP contribution in [0.5, 0.6) is 0 Å². The van der Waals surface area contributed by atoms with E-state index in [2.05, 4.69) is 5.32 Å². The zero-order chi connectivity index (χ0) is 15.5. The lowest BCUT2D eigenvalue weighted by Gasteiger charge is -2.23. The van der Waals surface area contributed by atoms with Gasteiger partial charge in [-0.3, -0.25) is 14.4 Å². The molecule has 1 aromatic rings. The molecule has 1 N–H and O–H groups in total. The Bertz CT molecular complexity index is 581. The number of benzene rings is 1. The van der Waals surface area contributed by atoms with Gasteiger partial charge in [-0.15, -0.1) is 0 Å². The third-order valence-corrected chi connectivity index (χ3v) is 4.30. The van der Waals surface area contributed by atoms with Crippen LogP contribution in [0.2, 0.25) is 0 Å². The number of hydrogen-bond acceptors (Lipinski definition) is 3. The van der Waals surface area contributed by atoms with Crippen LogP contribution in [0.25, 0.3) is 0 Å². The molecule has 0 aromatic heterocycles. The number of amides is 2.